The summed E-state index contributed by atoms with van der Waals surface area (Å²) in [6, 6.07) is 3.61. The summed E-state index contributed by atoms with van der Waals surface area (Å²) in [6.45, 7) is 0.981. The monoisotopic (exact) mass is 274 g/mol. The number of nitrogens with two attached hydrogens (primary N) is 1. The molecule has 1 rings (SSSR count). The molecule has 1 unspecified atom stereocenters. The lowest BCUT2D eigenvalue weighted by molar-refractivity contribution is -0.384. The van der Waals surface area contributed by atoms with Crippen molar-refractivity contribution in [2.45, 2.75) is 12.5 Å². The van der Waals surface area contributed by atoms with Gasteiger partial charge in [-0.15, -0.1) is 0 Å². The van der Waals surface area contributed by atoms with Crippen LogP contribution in [-0.2, 0) is 4.79 Å². The van der Waals surface area contributed by atoms with Crippen LogP contribution >= 0.6 is 11.6 Å². The summed E-state index contributed by atoms with van der Waals surface area (Å²) < 4.78 is 5.14. The minimum absolute atomic E-state index is 0.0189. The van der Waals surface area contributed by atoms with E-state index >= 15 is 0 Å². The van der Waals surface area contributed by atoms with Crippen molar-refractivity contribution in [3.63, 3.8) is 0 Å². The zero-order chi connectivity index (χ0) is 13.9. The number of carbonyl (C=O) groups is 1. The zero-order valence-electron chi connectivity index (χ0n) is 9.42. The fourth-order valence-electron chi connectivity index (χ4n) is 1.01. The van der Waals surface area contributed by atoms with Crippen molar-refractivity contribution in [2.24, 2.45) is 5.73 Å². The smallest absolute Gasteiger partial charge is 0.326 e. The number of non-ortho nitro benzene ring substituents is 1. The molecule has 0 aromatic heterocycles. The number of halogens is 1. The summed E-state index contributed by atoms with van der Waals surface area (Å²) in [5, 5.41) is 19.3. The molecular formula is C10H11ClN2O5. The standard InChI is InChI=1S/C10H11ClN2O5/c1-10(12,9(14)15)5-18-8-3-2-6(13(16)17)4-7(8)11/h2-4H,5,12H2,1H3,(H,14,15). The van der Waals surface area contributed by atoms with Crippen LogP contribution in [0.3, 0.4) is 0 Å². The Morgan fingerprint density at radius 2 is 2.28 bits per heavy atom. The van der Waals surface area contributed by atoms with Gasteiger partial charge in [0.25, 0.3) is 5.69 Å². The molecule has 0 spiro atoms. The lowest BCUT2D eigenvalue weighted by Crippen LogP contribution is -2.49. The molecule has 0 saturated carbocycles. The average molecular weight is 275 g/mol. The third kappa shape index (κ3) is 3.31. The van der Waals surface area contributed by atoms with Crippen molar-refractivity contribution in [3.05, 3.63) is 33.3 Å². The second-order valence-electron chi connectivity index (χ2n) is 3.88. The Morgan fingerprint density at radius 3 is 2.72 bits per heavy atom. The highest BCUT2D eigenvalue weighted by molar-refractivity contribution is 6.32. The van der Waals surface area contributed by atoms with E-state index in [1.807, 2.05) is 0 Å². The topological polar surface area (TPSA) is 116 Å². The number of rotatable bonds is 5. The summed E-state index contributed by atoms with van der Waals surface area (Å²) >= 11 is 5.76. The summed E-state index contributed by atoms with van der Waals surface area (Å²) in [4.78, 5) is 20.6. The fraction of sp³-hybridized carbons (Fsp3) is 0.300. The highest BCUT2D eigenvalue weighted by Crippen LogP contribution is 2.29. The van der Waals surface area contributed by atoms with E-state index in [4.69, 9.17) is 27.2 Å². The summed E-state index contributed by atoms with van der Waals surface area (Å²) in [6.07, 6.45) is 0. The van der Waals surface area contributed by atoms with E-state index in [0.717, 1.165) is 6.07 Å². The first-order chi connectivity index (χ1) is 8.24. The van der Waals surface area contributed by atoms with Crippen LogP contribution in [0.5, 0.6) is 5.75 Å². The van der Waals surface area contributed by atoms with Crippen LogP contribution in [0.25, 0.3) is 0 Å². The van der Waals surface area contributed by atoms with E-state index in [0.29, 0.717) is 0 Å². The average Bonchev–Trinajstić information content (AvgIpc) is 2.26. The van der Waals surface area contributed by atoms with Crippen molar-refractivity contribution in [1.29, 1.82) is 0 Å². The van der Waals surface area contributed by atoms with Crippen LogP contribution in [0.4, 0.5) is 5.69 Å². The lowest BCUT2D eigenvalue weighted by Gasteiger charge is -2.19. The summed E-state index contributed by atoms with van der Waals surface area (Å²) in [5.74, 6) is -1.08. The Labute approximate surface area is 107 Å². The van der Waals surface area contributed by atoms with Crippen LogP contribution in [0.15, 0.2) is 18.2 Å². The van der Waals surface area contributed by atoms with Gasteiger partial charge in [-0.2, -0.15) is 0 Å². The minimum atomic E-state index is -1.56. The van der Waals surface area contributed by atoms with E-state index in [-0.39, 0.29) is 23.1 Å². The van der Waals surface area contributed by atoms with Gasteiger partial charge in [0.05, 0.1) is 9.95 Å². The van der Waals surface area contributed by atoms with Crippen LogP contribution in [0.2, 0.25) is 5.02 Å². The molecule has 3 N–H and O–H groups in total. The number of ether oxygens (including phenoxy) is 1. The molecule has 98 valence electrons. The van der Waals surface area contributed by atoms with Crippen LogP contribution < -0.4 is 10.5 Å². The molecule has 0 amide bonds. The Hall–Kier alpha value is -1.86. The molecule has 0 bridgehead atoms. The van der Waals surface area contributed by atoms with Crippen molar-refractivity contribution >= 4 is 23.3 Å². The van der Waals surface area contributed by atoms with Gasteiger partial charge in [-0.05, 0) is 13.0 Å². The van der Waals surface area contributed by atoms with Gasteiger partial charge in [-0.1, -0.05) is 11.6 Å². The van der Waals surface area contributed by atoms with Gasteiger partial charge < -0.3 is 15.6 Å². The first-order valence-electron chi connectivity index (χ1n) is 4.83. The normalized spacial score (nSPS) is 13.7. The van der Waals surface area contributed by atoms with Crippen molar-refractivity contribution < 1.29 is 19.6 Å². The van der Waals surface area contributed by atoms with Crippen LogP contribution in [0.1, 0.15) is 6.92 Å². The second-order valence-corrected chi connectivity index (χ2v) is 4.29. The summed E-state index contributed by atoms with van der Waals surface area (Å²) in [7, 11) is 0. The SMILES string of the molecule is CC(N)(COc1ccc([N+](=O)[O-])cc1Cl)C(=O)O. The zero-order valence-corrected chi connectivity index (χ0v) is 10.2. The quantitative estimate of drug-likeness (QED) is 0.620. The fourth-order valence-corrected chi connectivity index (χ4v) is 1.24. The molecule has 18 heavy (non-hydrogen) atoms. The number of hydrogen-bond acceptors (Lipinski definition) is 5. The van der Waals surface area contributed by atoms with E-state index in [1.165, 1.54) is 19.1 Å². The van der Waals surface area contributed by atoms with Crippen molar-refractivity contribution in [1.82, 2.24) is 0 Å². The maximum Gasteiger partial charge on any atom is 0.326 e. The molecule has 0 radical (unpaired) electrons. The highest BCUT2D eigenvalue weighted by atomic mass is 35.5. The van der Waals surface area contributed by atoms with Gasteiger partial charge in [0, 0.05) is 12.1 Å². The van der Waals surface area contributed by atoms with Crippen molar-refractivity contribution in [3.8, 4) is 5.75 Å². The van der Waals surface area contributed by atoms with Gasteiger partial charge in [0.15, 0.2) is 0 Å². The number of benzene rings is 1. The second kappa shape index (κ2) is 5.19. The third-order valence-corrected chi connectivity index (χ3v) is 2.44. The molecule has 7 nitrogen and oxygen atoms in total. The third-order valence-electron chi connectivity index (χ3n) is 2.14. The van der Waals surface area contributed by atoms with Crippen LogP contribution in [0, 0.1) is 10.1 Å². The molecule has 0 aliphatic rings. The Kier molecular flexibility index (Phi) is 4.10. The van der Waals surface area contributed by atoms with E-state index < -0.39 is 16.4 Å². The summed E-state index contributed by atoms with van der Waals surface area (Å²) in [5.41, 5.74) is 3.72. The molecule has 0 aliphatic carbocycles. The highest BCUT2D eigenvalue weighted by Gasteiger charge is 2.29. The number of hydrogen-bond donors (Lipinski definition) is 2. The number of nitrogens with zero attached hydrogens (tertiary/aromatic N) is 1. The Bertz CT molecular complexity index is 489. The molecule has 1 aromatic carbocycles. The van der Waals surface area contributed by atoms with Gasteiger partial charge >= 0.3 is 5.97 Å². The van der Waals surface area contributed by atoms with Gasteiger partial charge in [-0.25, -0.2) is 0 Å². The maximum atomic E-state index is 10.7. The number of nitro benzene ring substituents is 1. The first-order valence-corrected chi connectivity index (χ1v) is 5.21. The number of carboxylic acid groups (broad SMARTS) is 1. The maximum absolute atomic E-state index is 10.7. The van der Waals surface area contributed by atoms with Crippen LogP contribution in [-0.4, -0.2) is 28.1 Å². The Morgan fingerprint density at radius 1 is 1.67 bits per heavy atom. The van der Waals surface area contributed by atoms with Crippen molar-refractivity contribution in [2.75, 3.05) is 6.61 Å². The van der Waals surface area contributed by atoms with E-state index in [2.05, 4.69) is 0 Å². The first kappa shape index (κ1) is 14.2. The van der Waals surface area contributed by atoms with Gasteiger partial charge in [0.2, 0.25) is 0 Å². The largest absolute Gasteiger partial charge is 0.489 e. The minimum Gasteiger partial charge on any atom is -0.489 e. The molecule has 0 heterocycles. The van der Waals surface area contributed by atoms with Gasteiger partial charge in [-0.3, -0.25) is 14.9 Å². The molecular weight excluding hydrogens is 264 g/mol. The number of carboxylic acids is 1. The molecule has 1 atom stereocenters. The van der Waals surface area contributed by atoms with E-state index in [9.17, 15) is 14.9 Å². The molecule has 8 heteroatoms. The number of nitro groups is 1. The Balaban J connectivity index is 2.81. The number of aliphatic carboxylic acids is 1. The molecule has 1 aromatic rings. The van der Waals surface area contributed by atoms with E-state index in [1.54, 1.807) is 0 Å². The predicted octanol–water partition coefficient (Wildman–Crippen LogP) is 1.43. The lowest BCUT2D eigenvalue weighted by atomic mass is 10.1. The predicted molar refractivity (Wildman–Crippen MR) is 63.8 cm³/mol. The van der Waals surface area contributed by atoms with Gasteiger partial charge in [0.1, 0.15) is 17.9 Å². The molecule has 0 saturated heterocycles. The molecule has 0 fully saturated rings. The molecule has 0 aliphatic heterocycles.